The summed E-state index contributed by atoms with van der Waals surface area (Å²) >= 11 is 7.22. The van der Waals surface area contributed by atoms with Crippen LogP contribution in [0, 0.1) is 0 Å². The molecule has 0 radical (unpaired) electrons. The summed E-state index contributed by atoms with van der Waals surface area (Å²) in [5.41, 5.74) is 0. The third kappa shape index (κ3) is 4.50. The maximum absolute atomic E-state index is 3.66. The summed E-state index contributed by atoms with van der Waals surface area (Å²) in [5.74, 6) is 0. The van der Waals surface area contributed by atoms with E-state index >= 15 is 0 Å². The van der Waals surface area contributed by atoms with Gasteiger partial charge in [0.15, 0.2) is 0 Å². The molecule has 2 aromatic heterocycles. The number of hydrogen-bond donors (Lipinski definition) is 1. The minimum absolute atomic E-state index is 0.550. The molecule has 0 bridgehead atoms. The number of nitrogens with one attached hydrogen (secondary N) is 1. The van der Waals surface area contributed by atoms with E-state index in [0.29, 0.717) is 6.04 Å². The van der Waals surface area contributed by atoms with Gasteiger partial charge in [-0.15, -0.1) is 22.7 Å². The highest BCUT2D eigenvalue weighted by Crippen LogP contribution is 2.22. The lowest BCUT2D eigenvalue weighted by Gasteiger charge is -2.17. The second-order valence-corrected chi connectivity index (χ2v) is 7.31. The first-order chi connectivity index (χ1) is 8.78. The fraction of sp³-hybridized carbons (Fsp3) is 0.429. The van der Waals surface area contributed by atoms with E-state index in [2.05, 4.69) is 57.1 Å². The molecule has 0 aliphatic heterocycles. The number of rotatable bonds is 7. The van der Waals surface area contributed by atoms with Crippen molar-refractivity contribution in [2.24, 2.45) is 0 Å². The standard InChI is InChI=1S/C14H18BrNS2/c1-2-5-16-12(8-13-4-3-6-17-13)9-14-7-11(15)10-18-14/h3-4,6-7,10,12,16H,2,5,8-9H2,1H3. The maximum Gasteiger partial charge on any atom is 0.0285 e. The lowest BCUT2D eigenvalue weighted by Crippen LogP contribution is -2.33. The molecule has 1 unspecified atom stereocenters. The summed E-state index contributed by atoms with van der Waals surface area (Å²) < 4.78 is 1.20. The molecule has 0 aliphatic rings. The Balaban J connectivity index is 1.95. The Kier molecular flexibility index (Phi) is 5.89. The maximum atomic E-state index is 3.66. The fourth-order valence-corrected chi connectivity index (χ4v) is 4.26. The van der Waals surface area contributed by atoms with Crippen LogP contribution in [-0.4, -0.2) is 12.6 Å². The predicted molar refractivity (Wildman–Crippen MR) is 85.8 cm³/mol. The Hall–Kier alpha value is -0.160. The van der Waals surface area contributed by atoms with E-state index in [1.807, 2.05) is 22.7 Å². The second kappa shape index (κ2) is 7.43. The molecule has 0 saturated heterocycles. The van der Waals surface area contributed by atoms with Crippen LogP contribution < -0.4 is 5.32 Å². The summed E-state index contributed by atoms with van der Waals surface area (Å²) in [7, 11) is 0. The van der Waals surface area contributed by atoms with E-state index < -0.39 is 0 Å². The molecule has 1 nitrogen and oxygen atoms in total. The zero-order valence-corrected chi connectivity index (χ0v) is 13.7. The second-order valence-electron chi connectivity index (χ2n) is 4.37. The third-order valence-electron chi connectivity index (χ3n) is 2.78. The molecule has 2 rings (SSSR count). The first kappa shape index (κ1) is 14.3. The van der Waals surface area contributed by atoms with Crippen molar-refractivity contribution in [3.05, 3.63) is 43.2 Å². The van der Waals surface area contributed by atoms with Crippen LogP contribution in [0.2, 0.25) is 0 Å². The first-order valence-electron chi connectivity index (χ1n) is 6.26. The smallest absolute Gasteiger partial charge is 0.0285 e. The molecule has 0 saturated carbocycles. The molecule has 0 spiro atoms. The summed E-state index contributed by atoms with van der Waals surface area (Å²) in [4.78, 5) is 2.92. The molecule has 2 heterocycles. The van der Waals surface area contributed by atoms with Gasteiger partial charge in [0.2, 0.25) is 0 Å². The lowest BCUT2D eigenvalue weighted by molar-refractivity contribution is 0.510. The Morgan fingerprint density at radius 2 is 2.11 bits per heavy atom. The summed E-state index contributed by atoms with van der Waals surface area (Å²) in [6, 6.07) is 7.16. The van der Waals surface area contributed by atoms with Crippen molar-refractivity contribution in [2.75, 3.05) is 6.54 Å². The highest BCUT2D eigenvalue weighted by Gasteiger charge is 2.11. The van der Waals surface area contributed by atoms with Crippen molar-refractivity contribution in [1.29, 1.82) is 0 Å². The average molecular weight is 344 g/mol. The number of thiophene rings is 2. The Morgan fingerprint density at radius 1 is 1.28 bits per heavy atom. The topological polar surface area (TPSA) is 12.0 Å². The van der Waals surface area contributed by atoms with Crippen LogP contribution in [0.3, 0.4) is 0 Å². The van der Waals surface area contributed by atoms with Crippen LogP contribution in [0.1, 0.15) is 23.1 Å². The molecule has 0 amide bonds. The molecule has 4 heteroatoms. The predicted octanol–water partition coefficient (Wildman–Crippen LogP) is 4.73. The summed E-state index contributed by atoms with van der Waals surface area (Å²) in [5, 5.41) is 7.99. The van der Waals surface area contributed by atoms with Crippen molar-refractivity contribution >= 4 is 38.6 Å². The minimum atomic E-state index is 0.550. The monoisotopic (exact) mass is 343 g/mol. The van der Waals surface area contributed by atoms with Crippen molar-refractivity contribution in [1.82, 2.24) is 5.32 Å². The van der Waals surface area contributed by atoms with E-state index in [9.17, 15) is 0 Å². The molecule has 2 aromatic rings. The van der Waals surface area contributed by atoms with Gasteiger partial charge in [0.05, 0.1) is 0 Å². The molecular formula is C14H18BrNS2. The molecule has 1 atom stereocenters. The van der Waals surface area contributed by atoms with Crippen LogP contribution in [0.5, 0.6) is 0 Å². The van der Waals surface area contributed by atoms with Crippen LogP contribution in [-0.2, 0) is 12.8 Å². The van der Waals surface area contributed by atoms with E-state index in [1.165, 1.54) is 20.6 Å². The van der Waals surface area contributed by atoms with Crippen LogP contribution in [0.15, 0.2) is 33.4 Å². The average Bonchev–Trinajstić information content (AvgIpc) is 2.98. The van der Waals surface area contributed by atoms with Gasteiger partial charge in [-0.05, 0) is 59.2 Å². The van der Waals surface area contributed by atoms with E-state index in [0.717, 1.165) is 19.4 Å². The van der Waals surface area contributed by atoms with Gasteiger partial charge in [0, 0.05) is 25.6 Å². The Labute approximate surface area is 125 Å². The minimum Gasteiger partial charge on any atom is -0.313 e. The summed E-state index contributed by atoms with van der Waals surface area (Å²) in [6.45, 7) is 3.32. The van der Waals surface area contributed by atoms with E-state index in [4.69, 9.17) is 0 Å². The first-order valence-corrected chi connectivity index (χ1v) is 8.82. The Bertz CT molecular complexity index is 450. The SMILES string of the molecule is CCCNC(Cc1cccs1)Cc1cc(Br)cs1. The molecule has 0 aliphatic carbocycles. The molecule has 0 fully saturated rings. The molecular weight excluding hydrogens is 326 g/mol. The number of hydrogen-bond acceptors (Lipinski definition) is 3. The largest absolute Gasteiger partial charge is 0.313 e. The van der Waals surface area contributed by atoms with Gasteiger partial charge in [0.25, 0.3) is 0 Å². The molecule has 18 heavy (non-hydrogen) atoms. The van der Waals surface area contributed by atoms with Crippen LogP contribution in [0.4, 0.5) is 0 Å². The van der Waals surface area contributed by atoms with Gasteiger partial charge in [0.1, 0.15) is 0 Å². The quantitative estimate of drug-likeness (QED) is 0.766. The van der Waals surface area contributed by atoms with E-state index in [1.54, 1.807) is 0 Å². The molecule has 0 aromatic carbocycles. The summed E-state index contributed by atoms with van der Waals surface area (Å²) in [6.07, 6.45) is 3.44. The molecule has 1 N–H and O–H groups in total. The van der Waals surface area contributed by atoms with Crippen LogP contribution >= 0.6 is 38.6 Å². The Morgan fingerprint density at radius 3 is 2.72 bits per heavy atom. The lowest BCUT2D eigenvalue weighted by atomic mass is 10.1. The van der Waals surface area contributed by atoms with Gasteiger partial charge in [-0.1, -0.05) is 13.0 Å². The van der Waals surface area contributed by atoms with Gasteiger partial charge in [-0.25, -0.2) is 0 Å². The van der Waals surface area contributed by atoms with Crippen LogP contribution in [0.25, 0.3) is 0 Å². The zero-order valence-electron chi connectivity index (χ0n) is 10.5. The van der Waals surface area contributed by atoms with Gasteiger partial charge >= 0.3 is 0 Å². The van der Waals surface area contributed by atoms with Crippen molar-refractivity contribution in [3.63, 3.8) is 0 Å². The van der Waals surface area contributed by atoms with Gasteiger partial charge < -0.3 is 5.32 Å². The highest BCUT2D eigenvalue weighted by molar-refractivity contribution is 9.10. The number of halogens is 1. The van der Waals surface area contributed by atoms with Crippen molar-refractivity contribution in [3.8, 4) is 0 Å². The van der Waals surface area contributed by atoms with E-state index in [-0.39, 0.29) is 0 Å². The van der Waals surface area contributed by atoms with Gasteiger partial charge in [-0.3, -0.25) is 0 Å². The van der Waals surface area contributed by atoms with Crippen molar-refractivity contribution < 1.29 is 0 Å². The van der Waals surface area contributed by atoms with Gasteiger partial charge in [-0.2, -0.15) is 0 Å². The fourth-order valence-electron chi connectivity index (χ4n) is 1.94. The highest BCUT2D eigenvalue weighted by atomic mass is 79.9. The van der Waals surface area contributed by atoms with Crippen molar-refractivity contribution in [2.45, 2.75) is 32.2 Å². The zero-order chi connectivity index (χ0) is 12.8. The normalized spacial score (nSPS) is 12.8. The third-order valence-corrected chi connectivity index (χ3v) is 5.40. The molecule has 98 valence electrons.